The number of rotatable bonds is 9. The highest BCUT2D eigenvalue weighted by atomic mass is 16.6. The first kappa shape index (κ1) is 20.1. The van der Waals surface area contributed by atoms with Crippen molar-refractivity contribution in [3.63, 3.8) is 0 Å². The lowest BCUT2D eigenvalue weighted by molar-refractivity contribution is -0.137. The Hall–Kier alpha value is -2.90. The summed E-state index contributed by atoms with van der Waals surface area (Å²) in [5.41, 5.74) is 0.0690. The number of carbonyl (C=O) groups excluding carboxylic acids is 3. The summed E-state index contributed by atoms with van der Waals surface area (Å²) in [5.74, 6) is -2.72. The number of amides is 1. The van der Waals surface area contributed by atoms with E-state index in [2.05, 4.69) is 5.32 Å². The number of hydrogen-bond donors (Lipinski definition) is 2. The second-order valence-corrected chi connectivity index (χ2v) is 5.28. The molecular weight excluding hydrogens is 330 g/mol. The summed E-state index contributed by atoms with van der Waals surface area (Å²) in [5, 5.41) is 11.2. The first-order valence-electron chi connectivity index (χ1n) is 7.81. The first-order chi connectivity index (χ1) is 11.8. The van der Waals surface area contributed by atoms with E-state index in [9.17, 15) is 19.2 Å². The van der Waals surface area contributed by atoms with Gasteiger partial charge < -0.3 is 19.9 Å². The summed E-state index contributed by atoms with van der Waals surface area (Å²) < 4.78 is 9.99. The van der Waals surface area contributed by atoms with Gasteiger partial charge in [0.05, 0.1) is 5.56 Å². The van der Waals surface area contributed by atoms with Crippen molar-refractivity contribution < 1.29 is 33.8 Å². The molecule has 1 amide bonds. The summed E-state index contributed by atoms with van der Waals surface area (Å²) in [7, 11) is 0. The fourth-order valence-electron chi connectivity index (χ4n) is 2.05. The van der Waals surface area contributed by atoms with E-state index in [1.54, 1.807) is 0 Å². The van der Waals surface area contributed by atoms with Crippen LogP contribution in [0.25, 0.3) is 0 Å². The highest BCUT2D eigenvalue weighted by Crippen LogP contribution is 2.31. The van der Waals surface area contributed by atoms with Crippen LogP contribution in [0.1, 0.15) is 49.9 Å². The van der Waals surface area contributed by atoms with Crippen molar-refractivity contribution in [3.8, 4) is 11.5 Å². The smallest absolute Gasteiger partial charge is 0.308 e. The van der Waals surface area contributed by atoms with E-state index in [-0.39, 0.29) is 23.5 Å². The molecule has 0 fully saturated rings. The number of carboxylic acids is 1. The van der Waals surface area contributed by atoms with Crippen molar-refractivity contribution in [1.29, 1.82) is 0 Å². The maximum absolute atomic E-state index is 12.3. The van der Waals surface area contributed by atoms with Crippen molar-refractivity contribution in [2.75, 3.05) is 6.54 Å². The Morgan fingerprint density at radius 3 is 2.28 bits per heavy atom. The number of ether oxygens (including phenoxy) is 2. The van der Waals surface area contributed by atoms with Crippen LogP contribution in [0.5, 0.6) is 11.5 Å². The number of hydrogen-bond acceptors (Lipinski definition) is 6. The molecule has 25 heavy (non-hydrogen) atoms. The maximum atomic E-state index is 12.3. The number of unbranched alkanes of at least 4 members (excludes halogenated alkanes) is 2. The quantitative estimate of drug-likeness (QED) is 0.396. The van der Waals surface area contributed by atoms with E-state index in [4.69, 9.17) is 14.6 Å². The van der Waals surface area contributed by atoms with E-state index >= 15 is 0 Å². The average Bonchev–Trinajstić information content (AvgIpc) is 2.50. The number of esters is 2. The summed E-state index contributed by atoms with van der Waals surface area (Å²) >= 11 is 0. The third-order valence-electron chi connectivity index (χ3n) is 3.08. The minimum absolute atomic E-state index is 0.0168. The highest BCUT2D eigenvalue weighted by molar-refractivity contribution is 5.98. The van der Waals surface area contributed by atoms with Gasteiger partial charge in [0.2, 0.25) is 0 Å². The molecule has 0 aromatic heterocycles. The van der Waals surface area contributed by atoms with Gasteiger partial charge in [-0.3, -0.25) is 19.2 Å². The zero-order chi connectivity index (χ0) is 18.8. The van der Waals surface area contributed by atoms with Gasteiger partial charge >= 0.3 is 17.9 Å². The zero-order valence-electron chi connectivity index (χ0n) is 14.2. The average molecular weight is 351 g/mol. The van der Waals surface area contributed by atoms with Gasteiger partial charge in [-0.2, -0.15) is 0 Å². The topological polar surface area (TPSA) is 119 Å². The predicted molar refractivity (Wildman–Crippen MR) is 87.5 cm³/mol. The lowest BCUT2D eigenvalue weighted by atomic mass is 10.1. The fraction of sp³-hybridized carbons (Fsp3) is 0.412. The van der Waals surface area contributed by atoms with Crippen molar-refractivity contribution in [2.24, 2.45) is 0 Å². The minimum atomic E-state index is -0.850. The normalized spacial score (nSPS) is 10.0. The predicted octanol–water partition coefficient (Wildman–Crippen LogP) is 1.91. The Bertz CT molecular complexity index is 654. The molecule has 0 unspecified atom stereocenters. The maximum Gasteiger partial charge on any atom is 0.308 e. The second-order valence-electron chi connectivity index (χ2n) is 5.28. The SMILES string of the molecule is CC(=O)Oc1cccc(C(=O)NCCCCCC(=O)O)c1OC(C)=O. The molecule has 0 saturated carbocycles. The molecule has 0 radical (unpaired) electrons. The van der Waals surface area contributed by atoms with E-state index in [1.807, 2.05) is 0 Å². The summed E-state index contributed by atoms with van der Waals surface area (Å²) in [6.45, 7) is 2.71. The molecule has 136 valence electrons. The number of nitrogens with one attached hydrogen (secondary N) is 1. The Morgan fingerprint density at radius 2 is 1.68 bits per heavy atom. The van der Waals surface area contributed by atoms with E-state index in [0.717, 1.165) is 0 Å². The standard InChI is InChI=1S/C17H21NO7/c1-11(19)24-14-8-6-7-13(16(14)25-12(2)20)17(23)18-10-5-3-4-9-15(21)22/h6-8H,3-5,9-10H2,1-2H3,(H,18,23)(H,21,22). The molecule has 0 heterocycles. The molecule has 0 spiro atoms. The van der Waals surface area contributed by atoms with E-state index in [0.29, 0.717) is 25.8 Å². The number of carbonyl (C=O) groups is 4. The zero-order valence-corrected chi connectivity index (χ0v) is 14.2. The first-order valence-corrected chi connectivity index (χ1v) is 7.81. The van der Waals surface area contributed by atoms with Crippen molar-refractivity contribution in [1.82, 2.24) is 5.32 Å². The van der Waals surface area contributed by atoms with Crippen LogP contribution in [0.4, 0.5) is 0 Å². The molecule has 0 bridgehead atoms. The monoisotopic (exact) mass is 351 g/mol. The van der Waals surface area contributed by atoms with Crippen molar-refractivity contribution >= 4 is 23.8 Å². The summed E-state index contributed by atoms with van der Waals surface area (Å²) in [4.78, 5) is 45.1. The van der Waals surface area contributed by atoms with Crippen LogP contribution in [0, 0.1) is 0 Å². The molecule has 0 aliphatic carbocycles. The number of benzene rings is 1. The number of carboxylic acid groups (broad SMARTS) is 1. The van der Waals surface area contributed by atoms with Crippen LogP contribution in [-0.2, 0) is 14.4 Å². The molecule has 8 nitrogen and oxygen atoms in total. The molecule has 0 saturated heterocycles. The van der Waals surface area contributed by atoms with Crippen LogP contribution >= 0.6 is 0 Å². The van der Waals surface area contributed by atoms with Crippen molar-refractivity contribution in [2.45, 2.75) is 39.5 Å². The minimum Gasteiger partial charge on any atom is -0.481 e. The molecule has 0 aliphatic rings. The molecule has 0 aliphatic heterocycles. The van der Waals surface area contributed by atoms with Gasteiger partial charge in [-0.1, -0.05) is 12.5 Å². The molecule has 2 N–H and O–H groups in total. The molecule has 1 aromatic rings. The number of aliphatic carboxylic acids is 1. The number of para-hydroxylation sites is 1. The van der Waals surface area contributed by atoms with Gasteiger partial charge in [0.25, 0.3) is 5.91 Å². The van der Waals surface area contributed by atoms with Crippen molar-refractivity contribution in [3.05, 3.63) is 23.8 Å². The molecule has 1 rings (SSSR count). The van der Waals surface area contributed by atoms with Gasteiger partial charge in [-0.15, -0.1) is 0 Å². The van der Waals surface area contributed by atoms with Gasteiger partial charge in [-0.05, 0) is 25.0 Å². The molecule has 8 heteroatoms. The third kappa shape index (κ3) is 7.47. The lowest BCUT2D eigenvalue weighted by Gasteiger charge is -2.13. The summed E-state index contributed by atoms with van der Waals surface area (Å²) in [6.07, 6.45) is 1.91. The van der Waals surface area contributed by atoms with Gasteiger partial charge in [-0.25, -0.2) is 0 Å². The lowest BCUT2D eigenvalue weighted by Crippen LogP contribution is -2.25. The van der Waals surface area contributed by atoms with E-state index in [1.165, 1.54) is 32.0 Å². The fourth-order valence-corrected chi connectivity index (χ4v) is 2.05. The molecular formula is C17H21NO7. The van der Waals surface area contributed by atoms with Crippen LogP contribution in [0.2, 0.25) is 0 Å². The third-order valence-corrected chi connectivity index (χ3v) is 3.08. The van der Waals surface area contributed by atoms with Crippen LogP contribution in [0.15, 0.2) is 18.2 Å². The Morgan fingerprint density at radius 1 is 1.00 bits per heavy atom. The molecule has 0 atom stereocenters. The Balaban J connectivity index is 2.74. The summed E-state index contributed by atoms with van der Waals surface area (Å²) in [6, 6.07) is 4.38. The second kappa shape index (κ2) is 10.1. The van der Waals surface area contributed by atoms with Gasteiger partial charge in [0.1, 0.15) is 0 Å². The Labute approximate surface area is 145 Å². The molecule has 1 aromatic carbocycles. The highest BCUT2D eigenvalue weighted by Gasteiger charge is 2.19. The Kier molecular flexibility index (Phi) is 8.11. The van der Waals surface area contributed by atoms with Gasteiger partial charge in [0.15, 0.2) is 11.5 Å². The van der Waals surface area contributed by atoms with Crippen LogP contribution < -0.4 is 14.8 Å². The van der Waals surface area contributed by atoms with E-state index < -0.39 is 23.8 Å². The largest absolute Gasteiger partial charge is 0.481 e. The van der Waals surface area contributed by atoms with Crippen LogP contribution in [0.3, 0.4) is 0 Å². The van der Waals surface area contributed by atoms with Crippen LogP contribution in [-0.4, -0.2) is 35.5 Å². The van der Waals surface area contributed by atoms with Gasteiger partial charge in [0, 0.05) is 26.8 Å².